The van der Waals surface area contributed by atoms with Crippen LogP contribution in [-0.2, 0) is 23.6 Å². The molecule has 2 heterocycles. The lowest BCUT2D eigenvalue weighted by Gasteiger charge is -2.06. The summed E-state index contributed by atoms with van der Waals surface area (Å²) in [6.07, 6.45) is 1.59. The van der Waals surface area contributed by atoms with Crippen molar-refractivity contribution in [2.24, 2.45) is 7.05 Å². The van der Waals surface area contributed by atoms with Crippen molar-refractivity contribution in [1.29, 1.82) is 0 Å². The molecule has 7 nitrogen and oxygen atoms in total. The molecule has 3 aromatic rings. The Kier molecular flexibility index (Phi) is 3.55. The number of nitrogens with one attached hydrogen (secondary N) is 1. The molecule has 0 aliphatic carbocycles. The average molecular weight is 319 g/mol. The summed E-state index contributed by atoms with van der Waals surface area (Å²) in [5.74, 6) is -0.536. The lowest BCUT2D eigenvalue weighted by Crippen LogP contribution is -2.23. The second kappa shape index (κ2) is 5.39. The fourth-order valence-corrected chi connectivity index (χ4v) is 3.05. The first-order valence-electron chi connectivity index (χ1n) is 6.46. The molecule has 1 aromatic carbocycles. The number of oxazole rings is 1. The monoisotopic (exact) mass is 319 g/mol. The average Bonchev–Trinajstić information content (AvgIpc) is 2.81. The molecule has 0 amide bonds. The number of rotatable bonds is 4. The third kappa shape index (κ3) is 2.66. The number of pyridine rings is 1. The summed E-state index contributed by atoms with van der Waals surface area (Å²) >= 11 is 0. The predicted molar refractivity (Wildman–Crippen MR) is 79.7 cm³/mol. The van der Waals surface area contributed by atoms with Crippen molar-refractivity contribution in [3.05, 3.63) is 58.8 Å². The standard InChI is InChI=1S/C14H13N3O4S/c1-17-12-6-5-11(8-13(12)21-14(17)18)22(19,20)16-9-10-4-2-3-7-15-10/h2-8,16H,9H2,1H3. The van der Waals surface area contributed by atoms with Gasteiger partial charge in [-0.15, -0.1) is 0 Å². The van der Waals surface area contributed by atoms with Gasteiger partial charge in [0.25, 0.3) is 0 Å². The van der Waals surface area contributed by atoms with Crippen LogP contribution in [0.25, 0.3) is 11.1 Å². The number of fused-ring (bicyclic) bond motifs is 1. The third-order valence-electron chi connectivity index (χ3n) is 3.24. The SMILES string of the molecule is Cn1c(=O)oc2cc(S(=O)(=O)NCc3ccccn3)ccc21. The molecule has 0 aliphatic heterocycles. The lowest BCUT2D eigenvalue weighted by atomic mass is 10.3. The van der Waals surface area contributed by atoms with Gasteiger partial charge in [-0.3, -0.25) is 9.55 Å². The highest BCUT2D eigenvalue weighted by Gasteiger charge is 2.16. The summed E-state index contributed by atoms with van der Waals surface area (Å²) in [6, 6.07) is 9.55. The van der Waals surface area contributed by atoms with Crippen molar-refractivity contribution >= 4 is 21.1 Å². The number of benzene rings is 1. The largest absolute Gasteiger partial charge is 0.419 e. The first-order chi connectivity index (χ1) is 10.5. The molecule has 8 heteroatoms. The molecule has 0 saturated heterocycles. The Morgan fingerprint density at radius 2 is 2.09 bits per heavy atom. The fraction of sp³-hybridized carbons (Fsp3) is 0.143. The summed E-state index contributed by atoms with van der Waals surface area (Å²) in [4.78, 5) is 15.5. The van der Waals surface area contributed by atoms with Crippen LogP contribution in [0.3, 0.4) is 0 Å². The van der Waals surface area contributed by atoms with E-state index in [0.29, 0.717) is 11.2 Å². The summed E-state index contributed by atoms with van der Waals surface area (Å²) in [5, 5.41) is 0. The normalized spacial score (nSPS) is 11.9. The van der Waals surface area contributed by atoms with Crippen LogP contribution in [0.15, 0.2) is 56.7 Å². The number of aromatic nitrogens is 2. The molecule has 0 spiro atoms. The zero-order valence-electron chi connectivity index (χ0n) is 11.7. The molecule has 0 unspecified atom stereocenters. The fourth-order valence-electron chi connectivity index (χ4n) is 2.04. The number of aryl methyl sites for hydroxylation is 1. The van der Waals surface area contributed by atoms with E-state index in [1.54, 1.807) is 31.4 Å². The Hall–Kier alpha value is -2.45. The molecule has 0 bridgehead atoms. The van der Waals surface area contributed by atoms with E-state index in [0.717, 1.165) is 0 Å². The number of hydrogen-bond donors (Lipinski definition) is 1. The molecule has 2 aromatic heterocycles. The van der Waals surface area contributed by atoms with Crippen LogP contribution in [-0.4, -0.2) is 18.0 Å². The maximum Gasteiger partial charge on any atom is 0.419 e. The van der Waals surface area contributed by atoms with E-state index in [-0.39, 0.29) is 17.0 Å². The number of nitrogens with zero attached hydrogens (tertiary/aromatic N) is 2. The van der Waals surface area contributed by atoms with Crippen LogP contribution in [0.5, 0.6) is 0 Å². The summed E-state index contributed by atoms with van der Waals surface area (Å²) < 4.78 is 33.3. The minimum atomic E-state index is -3.71. The Bertz CT molecular complexity index is 974. The van der Waals surface area contributed by atoms with Crippen molar-refractivity contribution in [2.45, 2.75) is 11.4 Å². The van der Waals surface area contributed by atoms with Gasteiger partial charge in [0.05, 0.1) is 22.7 Å². The highest BCUT2D eigenvalue weighted by Crippen LogP contribution is 2.18. The predicted octanol–water partition coefficient (Wildman–Crippen LogP) is 1.00. The van der Waals surface area contributed by atoms with Crippen LogP contribution >= 0.6 is 0 Å². The zero-order chi connectivity index (χ0) is 15.7. The van der Waals surface area contributed by atoms with Crippen molar-refractivity contribution in [3.8, 4) is 0 Å². The Labute approximate surface area is 126 Å². The van der Waals surface area contributed by atoms with Gasteiger partial charge in [0.2, 0.25) is 10.0 Å². The van der Waals surface area contributed by atoms with E-state index < -0.39 is 15.8 Å². The lowest BCUT2D eigenvalue weighted by molar-refractivity contribution is 0.527. The second-order valence-corrected chi connectivity index (χ2v) is 6.47. The van der Waals surface area contributed by atoms with Gasteiger partial charge in [0.15, 0.2) is 5.58 Å². The van der Waals surface area contributed by atoms with Crippen LogP contribution < -0.4 is 10.5 Å². The summed E-state index contributed by atoms with van der Waals surface area (Å²) in [6.45, 7) is 0.0833. The zero-order valence-corrected chi connectivity index (χ0v) is 12.5. The maximum atomic E-state index is 12.3. The van der Waals surface area contributed by atoms with Crippen LogP contribution in [0.2, 0.25) is 0 Å². The quantitative estimate of drug-likeness (QED) is 0.774. The van der Waals surface area contributed by atoms with E-state index in [1.807, 2.05) is 0 Å². The second-order valence-electron chi connectivity index (χ2n) is 4.70. The molecule has 0 atom stereocenters. The van der Waals surface area contributed by atoms with Crippen molar-refractivity contribution in [3.63, 3.8) is 0 Å². The number of sulfonamides is 1. The Balaban J connectivity index is 1.90. The van der Waals surface area contributed by atoms with Crippen molar-refractivity contribution in [2.75, 3.05) is 0 Å². The van der Waals surface area contributed by atoms with Crippen molar-refractivity contribution in [1.82, 2.24) is 14.3 Å². The topological polar surface area (TPSA) is 94.2 Å². The van der Waals surface area contributed by atoms with Gasteiger partial charge in [-0.2, -0.15) is 0 Å². The highest BCUT2D eigenvalue weighted by atomic mass is 32.2. The van der Waals surface area contributed by atoms with E-state index in [9.17, 15) is 13.2 Å². The van der Waals surface area contributed by atoms with Gasteiger partial charge in [-0.05, 0) is 24.3 Å². The van der Waals surface area contributed by atoms with Gasteiger partial charge in [0, 0.05) is 19.3 Å². The van der Waals surface area contributed by atoms with Gasteiger partial charge >= 0.3 is 5.76 Å². The van der Waals surface area contributed by atoms with Crippen LogP contribution in [0.1, 0.15) is 5.69 Å². The van der Waals surface area contributed by atoms with Crippen molar-refractivity contribution < 1.29 is 12.8 Å². The first-order valence-corrected chi connectivity index (χ1v) is 7.95. The van der Waals surface area contributed by atoms with Gasteiger partial charge in [0.1, 0.15) is 0 Å². The molecule has 114 valence electrons. The van der Waals surface area contributed by atoms with Crippen LogP contribution in [0.4, 0.5) is 0 Å². The summed E-state index contributed by atoms with van der Waals surface area (Å²) in [7, 11) is -2.16. The maximum absolute atomic E-state index is 12.3. The summed E-state index contributed by atoms with van der Waals surface area (Å²) in [5.41, 5.74) is 1.38. The highest BCUT2D eigenvalue weighted by molar-refractivity contribution is 7.89. The van der Waals surface area contributed by atoms with E-state index in [4.69, 9.17) is 4.42 Å². The molecular weight excluding hydrogens is 306 g/mol. The molecule has 3 rings (SSSR count). The molecule has 0 radical (unpaired) electrons. The molecular formula is C14H13N3O4S. The van der Waals surface area contributed by atoms with E-state index >= 15 is 0 Å². The molecule has 0 saturated carbocycles. The molecule has 1 N–H and O–H groups in total. The minimum Gasteiger partial charge on any atom is -0.408 e. The van der Waals surface area contributed by atoms with E-state index in [1.165, 1.54) is 22.8 Å². The molecule has 0 aliphatic rings. The van der Waals surface area contributed by atoms with Crippen LogP contribution in [0, 0.1) is 0 Å². The first kappa shape index (κ1) is 14.5. The Morgan fingerprint density at radius 1 is 1.27 bits per heavy atom. The molecule has 0 fully saturated rings. The third-order valence-corrected chi connectivity index (χ3v) is 4.64. The minimum absolute atomic E-state index is 0.0327. The molecule has 22 heavy (non-hydrogen) atoms. The smallest absolute Gasteiger partial charge is 0.408 e. The van der Waals surface area contributed by atoms with Gasteiger partial charge in [-0.25, -0.2) is 17.9 Å². The van der Waals surface area contributed by atoms with Gasteiger partial charge in [-0.1, -0.05) is 6.07 Å². The van der Waals surface area contributed by atoms with E-state index in [2.05, 4.69) is 9.71 Å². The number of hydrogen-bond acceptors (Lipinski definition) is 5. The Morgan fingerprint density at radius 3 is 2.82 bits per heavy atom. The van der Waals surface area contributed by atoms with Gasteiger partial charge < -0.3 is 4.42 Å².